The zero-order valence-electron chi connectivity index (χ0n) is 7.65. The molecule has 13 heavy (non-hydrogen) atoms. The van der Waals surface area contributed by atoms with Gasteiger partial charge in [0.15, 0.2) is 5.78 Å². The Kier molecular flexibility index (Phi) is 3.71. The van der Waals surface area contributed by atoms with Crippen molar-refractivity contribution in [2.24, 2.45) is 0 Å². The smallest absolute Gasteiger partial charge is 0.188 e. The summed E-state index contributed by atoms with van der Waals surface area (Å²) in [5.74, 6) is 0.0138. The van der Waals surface area contributed by atoms with E-state index in [2.05, 4.69) is 4.98 Å². The SMILES string of the molecule is CS/C(C)=C\C(=O)c1cccnc1. The molecule has 0 saturated heterocycles. The van der Waals surface area contributed by atoms with Gasteiger partial charge in [-0.25, -0.2) is 0 Å². The first kappa shape index (κ1) is 9.99. The summed E-state index contributed by atoms with van der Waals surface area (Å²) in [7, 11) is 0. The van der Waals surface area contributed by atoms with Crippen LogP contribution in [-0.4, -0.2) is 17.0 Å². The number of rotatable bonds is 3. The molecule has 0 fully saturated rings. The van der Waals surface area contributed by atoms with Gasteiger partial charge in [0, 0.05) is 18.0 Å². The number of hydrogen-bond acceptors (Lipinski definition) is 3. The Labute approximate surface area is 82.1 Å². The van der Waals surface area contributed by atoms with Crippen LogP contribution in [-0.2, 0) is 0 Å². The van der Waals surface area contributed by atoms with Crippen molar-refractivity contribution in [1.29, 1.82) is 0 Å². The van der Waals surface area contributed by atoms with Crippen molar-refractivity contribution in [1.82, 2.24) is 4.98 Å². The molecule has 68 valence electrons. The first-order chi connectivity index (χ1) is 6.24. The number of hydrogen-bond donors (Lipinski definition) is 0. The van der Waals surface area contributed by atoms with E-state index in [4.69, 9.17) is 0 Å². The Balaban J connectivity index is 2.81. The number of pyridine rings is 1. The summed E-state index contributed by atoms with van der Waals surface area (Å²) >= 11 is 1.57. The van der Waals surface area contributed by atoms with E-state index in [1.807, 2.05) is 13.2 Å². The van der Waals surface area contributed by atoms with Crippen LogP contribution in [0.25, 0.3) is 0 Å². The van der Waals surface area contributed by atoms with Gasteiger partial charge in [-0.3, -0.25) is 9.78 Å². The molecule has 0 aromatic carbocycles. The van der Waals surface area contributed by atoms with Crippen LogP contribution in [0.3, 0.4) is 0 Å². The zero-order chi connectivity index (χ0) is 9.68. The summed E-state index contributed by atoms with van der Waals surface area (Å²) in [5.41, 5.74) is 0.635. The molecule has 0 aliphatic rings. The molecule has 0 aliphatic carbocycles. The average Bonchev–Trinajstić information content (AvgIpc) is 2.19. The maximum absolute atomic E-state index is 11.5. The lowest BCUT2D eigenvalue weighted by Crippen LogP contribution is -1.94. The average molecular weight is 193 g/mol. The number of carbonyl (C=O) groups excluding carboxylic acids is 1. The molecule has 0 radical (unpaired) electrons. The van der Waals surface area contributed by atoms with Crippen LogP contribution in [0, 0.1) is 0 Å². The summed E-state index contributed by atoms with van der Waals surface area (Å²) in [6.07, 6.45) is 6.80. The van der Waals surface area contributed by atoms with Gasteiger partial charge in [-0.1, -0.05) is 0 Å². The second-order valence-electron chi connectivity index (χ2n) is 2.57. The number of carbonyl (C=O) groups is 1. The van der Waals surface area contributed by atoms with Crippen LogP contribution in [0.4, 0.5) is 0 Å². The molecular weight excluding hydrogens is 182 g/mol. The minimum atomic E-state index is 0.0138. The van der Waals surface area contributed by atoms with E-state index in [0.29, 0.717) is 5.56 Å². The van der Waals surface area contributed by atoms with E-state index in [-0.39, 0.29) is 5.78 Å². The zero-order valence-corrected chi connectivity index (χ0v) is 8.47. The highest BCUT2D eigenvalue weighted by atomic mass is 32.2. The van der Waals surface area contributed by atoms with Gasteiger partial charge in [-0.15, -0.1) is 11.8 Å². The molecule has 1 heterocycles. The van der Waals surface area contributed by atoms with Crippen molar-refractivity contribution in [3.8, 4) is 0 Å². The standard InChI is InChI=1S/C10H11NOS/c1-8(13-2)6-10(12)9-4-3-5-11-7-9/h3-7H,1-2H3/b8-6-. The fraction of sp³-hybridized carbons (Fsp3) is 0.200. The van der Waals surface area contributed by atoms with Crippen molar-refractivity contribution in [3.63, 3.8) is 0 Å². The van der Waals surface area contributed by atoms with E-state index in [0.717, 1.165) is 4.91 Å². The summed E-state index contributed by atoms with van der Waals surface area (Å²) < 4.78 is 0. The highest BCUT2D eigenvalue weighted by Crippen LogP contribution is 2.11. The third-order valence-corrected chi connectivity index (χ3v) is 2.36. The summed E-state index contributed by atoms with van der Waals surface area (Å²) in [6.45, 7) is 1.92. The van der Waals surface area contributed by atoms with Crippen LogP contribution in [0.5, 0.6) is 0 Å². The van der Waals surface area contributed by atoms with Gasteiger partial charge in [0.2, 0.25) is 0 Å². The lowest BCUT2D eigenvalue weighted by molar-refractivity contribution is 0.104. The fourth-order valence-corrected chi connectivity index (χ4v) is 1.06. The first-order valence-electron chi connectivity index (χ1n) is 3.90. The molecule has 0 atom stereocenters. The highest BCUT2D eigenvalue weighted by Gasteiger charge is 2.01. The van der Waals surface area contributed by atoms with Gasteiger partial charge in [-0.05, 0) is 36.3 Å². The lowest BCUT2D eigenvalue weighted by atomic mass is 10.2. The van der Waals surface area contributed by atoms with E-state index in [1.54, 1.807) is 42.4 Å². The Morgan fingerprint density at radius 1 is 1.62 bits per heavy atom. The largest absolute Gasteiger partial charge is 0.289 e. The van der Waals surface area contributed by atoms with Crippen LogP contribution < -0.4 is 0 Å². The van der Waals surface area contributed by atoms with E-state index in [1.165, 1.54) is 0 Å². The van der Waals surface area contributed by atoms with Gasteiger partial charge in [0.05, 0.1) is 0 Å². The Morgan fingerprint density at radius 3 is 2.92 bits per heavy atom. The van der Waals surface area contributed by atoms with Crippen LogP contribution >= 0.6 is 11.8 Å². The molecule has 3 heteroatoms. The number of nitrogens with zero attached hydrogens (tertiary/aromatic N) is 1. The molecule has 0 bridgehead atoms. The van der Waals surface area contributed by atoms with Crippen molar-refractivity contribution in [2.75, 3.05) is 6.26 Å². The van der Waals surface area contributed by atoms with Gasteiger partial charge in [-0.2, -0.15) is 0 Å². The third-order valence-electron chi connectivity index (χ3n) is 1.60. The summed E-state index contributed by atoms with van der Waals surface area (Å²) in [4.78, 5) is 16.4. The van der Waals surface area contributed by atoms with E-state index in [9.17, 15) is 4.79 Å². The Bertz CT molecular complexity index is 319. The third kappa shape index (κ3) is 3.03. The fourth-order valence-electron chi connectivity index (χ4n) is 0.835. The summed E-state index contributed by atoms with van der Waals surface area (Å²) in [6, 6.07) is 3.52. The second kappa shape index (κ2) is 4.82. The predicted molar refractivity (Wildman–Crippen MR) is 55.8 cm³/mol. The second-order valence-corrected chi connectivity index (χ2v) is 3.62. The molecule has 0 N–H and O–H groups in total. The van der Waals surface area contributed by atoms with Crippen LogP contribution in [0.2, 0.25) is 0 Å². The summed E-state index contributed by atoms with van der Waals surface area (Å²) in [5, 5.41) is 0. The van der Waals surface area contributed by atoms with Crippen molar-refractivity contribution < 1.29 is 4.79 Å². The van der Waals surface area contributed by atoms with Gasteiger partial charge >= 0.3 is 0 Å². The number of allylic oxidation sites excluding steroid dienone is 2. The van der Waals surface area contributed by atoms with Crippen molar-refractivity contribution >= 4 is 17.5 Å². The maximum atomic E-state index is 11.5. The Hall–Kier alpha value is -1.09. The topological polar surface area (TPSA) is 30.0 Å². The Morgan fingerprint density at radius 2 is 2.38 bits per heavy atom. The van der Waals surface area contributed by atoms with Gasteiger partial charge in [0.25, 0.3) is 0 Å². The quantitative estimate of drug-likeness (QED) is 0.546. The molecule has 1 aromatic heterocycles. The van der Waals surface area contributed by atoms with Crippen molar-refractivity contribution in [3.05, 3.63) is 41.1 Å². The van der Waals surface area contributed by atoms with Crippen LogP contribution in [0.15, 0.2) is 35.5 Å². The molecule has 0 saturated carbocycles. The van der Waals surface area contributed by atoms with E-state index >= 15 is 0 Å². The normalized spacial score (nSPS) is 11.4. The monoisotopic (exact) mass is 193 g/mol. The minimum Gasteiger partial charge on any atom is -0.289 e. The molecule has 0 spiro atoms. The molecule has 0 amide bonds. The molecule has 0 aliphatic heterocycles. The molecule has 2 nitrogen and oxygen atoms in total. The highest BCUT2D eigenvalue weighted by molar-refractivity contribution is 8.02. The van der Waals surface area contributed by atoms with E-state index < -0.39 is 0 Å². The van der Waals surface area contributed by atoms with Crippen molar-refractivity contribution in [2.45, 2.75) is 6.92 Å². The van der Waals surface area contributed by atoms with Gasteiger partial charge in [0.1, 0.15) is 0 Å². The number of ketones is 1. The lowest BCUT2D eigenvalue weighted by Gasteiger charge is -1.95. The first-order valence-corrected chi connectivity index (χ1v) is 5.13. The molecule has 1 aromatic rings. The predicted octanol–water partition coefficient (Wildman–Crippen LogP) is 2.53. The van der Waals surface area contributed by atoms with Crippen LogP contribution in [0.1, 0.15) is 17.3 Å². The maximum Gasteiger partial charge on any atom is 0.188 e. The number of thioether (sulfide) groups is 1. The molecule has 0 unspecified atom stereocenters. The molecular formula is C10H11NOS. The minimum absolute atomic E-state index is 0.0138. The van der Waals surface area contributed by atoms with Gasteiger partial charge < -0.3 is 0 Å². The molecule has 1 rings (SSSR count). The number of aromatic nitrogens is 1.